The summed E-state index contributed by atoms with van der Waals surface area (Å²) in [5.41, 5.74) is 3.06. The maximum absolute atomic E-state index is 11.7. The van der Waals surface area contributed by atoms with Crippen molar-refractivity contribution < 1.29 is 9.53 Å². The molecule has 5 heteroatoms. The van der Waals surface area contributed by atoms with Gasteiger partial charge in [0, 0.05) is 44.3 Å². The highest BCUT2D eigenvalue weighted by Gasteiger charge is 2.15. The summed E-state index contributed by atoms with van der Waals surface area (Å²) in [4.78, 5) is 16.7. The number of piperazine rings is 1. The molecule has 0 radical (unpaired) electrons. The van der Waals surface area contributed by atoms with E-state index >= 15 is 0 Å². The zero-order valence-corrected chi connectivity index (χ0v) is 17.8. The quantitative estimate of drug-likeness (QED) is 0.602. The largest absolute Gasteiger partial charge is 0.462 e. The number of rotatable bonds is 8. The molecule has 1 fully saturated rings. The number of halogens is 1. The van der Waals surface area contributed by atoms with Crippen LogP contribution in [0.1, 0.15) is 28.4 Å². The Bertz CT molecular complexity index is 795. The van der Waals surface area contributed by atoms with E-state index in [2.05, 4.69) is 22.0 Å². The maximum Gasteiger partial charge on any atom is 0.338 e. The molecule has 2 aromatic rings. The van der Waals surface area contributed by atoms with Crippen molar-refractivity contribution in [1.29, 1.82) is 0 Å². The first kappa shape index (κ1) is 21.6. The number of esters is 1. The van der Waals surface area contributed by atoms with Crippen LogP contribution in [0, 0.1) is 0 Å². The molecule has 1 aliphatic heterocycles. The lowest BCUT2D eigenvalue weighted by Crippen LogP contribution is -2.46. The smallest absolute Gasteiger partial charge is 0.338 e. The topological polar surface area (TPSA) is 32.8 Å². The van der Waals surface area contributed by atoms with Crippen molar-refractivity contribution in [3.63, 3.8) is 0 Å². The molecule has 29 heavy (non-hydrogen) atoms. The van der Waals surface area contributed by atoms with Crippen LogP contribution in [0.5, 0.6) is 0 Å². The van der Waals surface area contributed by atoms with Crippen molar-refractivity contribution in [2.75, 3.05) is 45.9 Å². The van der Waals surface area contributed by atoms with Gasteiger partial charge in [0.05, 0.1) is 12.2 Å². The van der Waals surface area contributed by atoms with E-state index < -0.39 is 0 Å². The highest BCUT2D eigenvalue weighted by Crippen LogP contribution is 2.12. The van der Waals surface area contributed by atoms with Gasteiger partial charge in [-0.2, -0.15) is 0 Å². The molecule has 0 saturated carbocycles. The Kier molecular flexibility index (Phi) is 8.29. The van der Waals surface area contributed by atoms with Gasteiger partial charge in [-0.1, -0.05) is 48.0 Å². The first-order valence-electron chi connectivity index (χ1n) is 10.3. The summed E-state index contributed by atoms with van der Waals surface area (Å²) in [6.45, 7) is 8.62. The van der Waals surface area contributed by atoms with Crippen LogP contribution in [0.3, 0.4) is 0 Å². The van der Waals surface area contributed by atoms with E-state index in [1.807, 2.05) is 55.5 Å². The molecule has 0 unspecified atom stereocenters. The standard InChI is InChI=1S/C24H29ClN2O2/c1-2-29-24(28)22-9-5-21(6-10-22)13-15-27-18-16-26(17-19-27)14-3-4-20-7-11-23(25)12-8-20/h3-12H,2,13-19H2,1H3. The van der Waals surface area contributed by atoms with E-state index in [9.17, 15) is 4.79 Å². The van der Waals surface area contributed by atoms with Gasteiger partial charge in [-0.05, 0) is 48.7 Å². The van der Waals surface area contributed by atoms with Crippen LogP contribution in [0.4, 0.5) is 0 Å². The average Bonchev–Trinajstić information content (AvgIpc) is 2.75. The van der Waals surface area contributed by atoms with Crippen molar-refractivity contribution in [1.82, 2.24) is 9.80 Å². The van der Waals surface area contributed by atoms with Crippen LogP contribution >= 0.6 is 11.6 Å². The summed E-state index contributed by atoms with van der Waals surface area (Å²) < 4.78 is 5.03. The van der Waals surface area contributed by atoms with Crippen LogP contribution in [-0.2, 0) is 11.2 Å². The predicted molar refractivity (Wildman–Crippen MR) is 119 cm³/mol. The van der Waals surface area contributed by atoms with Crippen LogP contribution in [0.25, 0.3) is 6.08 Å². The highest BCUT2D eigenvalue weighted by atomic mass is 35.5. The SMILES string of the molecule is CCOC(=O)c1ccc(CCN2CCN(CC=Cc3ccc(Cl)cc3)CC2)cc1. The van der Waals surface area contributed by atoms with Gasteiger partial charge in [0.2, 0.25) is 0 Å². The summed E-state index contributed by atoms with van der Waals surface area (Å²) in [6.07, 6.45) is 5.38. The second-order valence-electron chi connectivity index (χ2n) is 7.26. The molecule has 0 aliphatic carbocycles. The second kappa shape index (κ2) is 11.1. The molecule has 0 amide bonds. The molecule has 0 aromatic heterocycles. The fourth-order valence-electron chi connectivity index (χ4n) is 3.42. The maximum atomic E-state index is 11.7. The zero-order chi connectivity index (χ0) is 20.5. The molecule has 1 saturated heterocycles. The molecular formula is C24H29ClN2O2. The van der Waals surface area contributed by atoms with Gasteiger partial charge in [0.25, 0.3) is 0 Å². The van der Waals surface area contributed by atoms with Gasteiger partial charge in [0.15, 0.2) is 0 Å². The molecule has 0 bridgehead atoms. The van der Waals surface area contributed by atoms with Crippen molar-refractivity contribution >= 4 is 23.6 Å². The zero-order valence-electron chi connectivity index (χ0n) is 17.0. The van der Waals surface area contributed by atoms with Gasteiger partial charge in [-0.3, -0.25) is 4.90 Å². The average molecular weight is 413 g/mol. The van der Waals surface area contributed by atoms with Gasteiger partial charge >= 0.3 is 5.97 Å². The van der Waals surface area contributed by atoms with Gasteiger partial charge < -0.3 is 9.64 Å². The summed E-state index contributed by atoms with van der Waals surface area (Å²) in [7, 11) is 0. The first-order valence-corrected chi connectivity index (χ1v) is 10.6. The van der Waals surface area contributed by atoms with Crippen molar-refractivity contribution in [3.05, 3.63) is 76.3 Å². The number of benzene rings is 2. The summed E-state index contributed by atoms with van der Waals surface area (Å²) >= 11 is 5.92. The van der Waals surface area contributed by atoms with Gasteiger partial charge in [0.1, 0.15) is 0 Å². The van der Waals surface area contributed by atoms with E-state index in [1.54, 1.807) is 0 Å². The third kappa shape index (κ3) is 7.00. The van der Waals surface area contributed by atoms with Crippen LogP contribution in [-0.4, -0.2) is 61.6 Å². The number of nitrogens with zero attached hydrogens (tertiary/aromatic N) is 2. The summed E-state index contributed by atoms with van der Waals surface area (Å²) in [6, 6.07) is 15.7. The van der Waals surface area contributed by atoms with Gasteiger partial charge in [-0.25, -0.2) is 4.79 Å². The van der Waals surface area contributed by atoms with E-state index in [0.29, 0.717) is 12.2 Å². The first-order chi connectivity index (χ1) is 14.1. The molecule has 0 N–H and O–H groups in total. The highest BCUT2D eigenvalue weighted by molar-refractivity contribution is 6.30. The Hall–Kier alpha value is -2.14. The lowest BCUT2D eigenvalue weighted by molar-refractivity contribution is 0.0526. The minimum Gasteiger partial charge on any atom is -0.462 e. The van der Waals surface area contributed by atoms with Crippen molar-refractivity contribution in [2.45, 2.75) is 13.3 Å². The van der Waals surface area contributed by atoms with E-state index in [4.69, 9.17) is 16.3 Å². The molecule has 154 valence electrons. The fraction of sp³-hybridized carbons (Fsp3) is 0.375. The van der Waals surface area contributed by atoms with E-state index in [-0.39, 0.29) is 5.97 Å². The van der Waals surface area contributed by atoms with Crippen molar-refractivity contribution in [3.8, 4) is 0 Å². The fourth-order valence-corrected chi connectivity index (χ4v) is 3.54. The lowest BCUT2D eigenvalue weighted by atomic mass is 10.1. The Morgan fingerprint density at radius 3 is 2.31 bits per heavy atom. The number of carbonyl (C=O) groups excluding carboxylic acids is 1. The molecule has 0 atom stereocenters. The summed E-state index contributed by atoms with van der Waals surface area (Å²) in [5.74, 6) is -0.250. The van der Waals surface area contributed by atoms with E-state index in [0.717, 1.165) is 50.7 Å². The molecule has 0 spiro atoms. The number of ether oxygens (including phenoxy) is 1. The molecule has 3 rings (SSSR count). The third-order valence-corrected chi connectivity index (χ3v) is 5.44. The Morgan fingerprint density at radius 1 is 1.00 bits per heavy atom. The second-order valence-corrected chi connectivity index (χ2v) is 7.70. The minimum absolute atomic E-state index is 0.250. The molecule has 4 nitrogen and oxygen atoms in total. The Labute approximate surface area is 178 Å². The molecule has 1 aliphatic rings. The predicted octanol–water partition coefficient (Wildman–Crippen LogP) is 4.39. The molecule has 1 heterocycles. The Morgan fingerprint density at radius 2 is 1.66 bits per heavy atom. The number of carbonyl (C=O) groups is 1. The van der Waals surface area contributed by atoms with Crippen LogP contribution in [0.15, 0.2) is 54.6 Å². The monoisotopic (exact) mass is 412 g/mol. The molecular weight excluding hydrogens is 384 g/mol. The normalized spacial score (nSPS) is 15.7. The van der Waals surface area contributed by atoms with Crippen molar-refractivity contribution in [2.24, 2.45) is 0 Å². The summed E-state index contributed by atoms with van der Waals surface area (Å²) in [5, 5.41) is 0.771. The van der Waals surface area contributed by atoms with E-state index in [1.165, 1.54) is 11.1 Å². The minimum atomic E-state index is -0.250. The number of hydrogen-bond donors (Lipinski definition) is 0. The van der Waals surface area contributed by atoms with Gasteiger partial charge in [-0.15, -0.1) is 0 Å². The van der Waals surface area contributed by atoms with Crippen LogP contribution in [0.2, 0.25) is 5.02 Å². The van der Waals surface area contributed by atoms with Crippen LogP contribution < -0.4 is 0 Å². The Balaban J connectivity index is 1.36. The molecule has 2 aromatic carbocycles. The lowest BCUT2D eigenvalue weighted by Gasteiger charge is -2.34. The third-order valence-electron chi connectivity index (χ3n) is 5.19. The number of hydrogen-bond acceptors (Lipinski definition) is 4.